The van der Waals surface area contributed by atoms with Gasteiger partial charge in [-0.05, 0) is 24.6 Å². The Labute approximate surface area is 195 Å². The molecule has 1 aromatic carbocycles. The third-order valence-corrected chi connectivity index (χ3v) is 5.88. The first kappa shape index (κ1) is 24.3. The van der Waals surface area contributed by atoms with Crippen molar-refractivity contribution >= 4 is 47.2 Å². The molecule has 0 aromatic heterocycles. The van der Waals surface area contributed by atoms with Crippen LogP contribution in [-0.2, 0) is 9.47 Å². The molecule has 29 heavy (non-hydrogen) atoms. The fourth-order valence-electron chi connectivity index (χ4n) is 3.84. The average Bonchev–Trinajstić information content (AvgIpc) is 3.20. The molecule has 3 rings (SSSR count). The standard InChI is InChI=1S/C20H31ClN4O3.HI/c1-22-19(23-14-20(27-3)7-10-28-11-8-20)24-16-6-9-25(13-16)17-12-15(21)4-5-18(17)26-2;/h4-5,12,16H,6-11,13-14H2,1-3H3,(H2,22,23,24);1H. The molecule has 0 aliphatic carbocycles. The van der Waals surface area contributed by atoms with Crippen LogP contribution >= 0.6 is 35.6 Å². The highest BCUT2D eigenvalue weighted by atomic mass is 127. The lowest BCUT2D eigenvalue weighted by Gasteiger charge is -2.36. The van der Waals surface area contributed by atoms with Crippen molar-refractivity contribution in [2.24, 2.45) is 4.99 Å². The van der Waals surface area contributed by atoms with Gasteiger partial charge < -0.3 is 29.7 Å². The molecule has 0 amide bonds. The molecule has 2 aliphatic rings. The number of methoxy groups -OCH3 is 2. The number of nitrogens with one attached hydrogen (secondary N) is 2. The first-order valence-corrected chi connectivity index (χ1v) is 10.2. The van der Waals surface area contributed by atoms with Crippen molar-refractivity contribution in [1.29, 1.82) is 0 Å². The van der Waals surface area contributed by atoms with Crippen molar-refractivity contribution in [2.75, 3.05) is 59.0 Å². The van der Waals surface area contributed by atoms with Crippen LogP contribution in [0.3, 0.4) is 0 Å². The lowest BCUT2D eigenvalue weighted by atomic mass is 9.94. The van der Waals surface area contributed by atoms with Gasteiger partial charge in [0.15, 0.2) is 5.96 Å². The maximum Gasteiger partial charge on any atom is 0.191 e. The van der Waals surface area contributed by atoms with Crippen molar-refractivity contribution in [1.82, 2.24) is 10.6 Å². The minimum absolute atomic E-state index is 0. The summed E-state index contributed by atoms with van der Waals surface area (Å²) in [6.07, 6.45) is 2.79. The Kier molecular flexibility index (Phi) is 9.58. The van der Waals surface area contributed by atoms with Crippen LogP contribution in [0.4, 0.5) is 5.69 Å². The molecule has 1 atom stereocenters. The number of aliphatic imine (C=N–C) groups is 1. The second kappa shape index (κ2) is 11.4. The highest BCUT2D eigenvalue weighted by Crippen LogP contribution is 2.33. The Balaban J connectivity index is 0.00000300. The summed E-state index contributed by atoms with van der Waals surface area (Å²) in [6, 6.07) is 6.02. The van der Waals surface area contributed by atoms with Crippen LogP contribution in [0, 0.1) is 0 Å². The normalized spacial score (nSPS) is 21.4. The zero-order chi connectivity index (χ0) is 20.0. The van der Waals surface area contributed by atoms with Crippen molar-refractivity contribution in [2.45, 2.75) is 30.9 Å². The molecule has 0 bridgehead atoms. The molecule has 1 aromatic rings. The molecule has 9 heteroatoms. The van der Waals surface area contributed by atoms with E-state index in [0.29, 0.717) is 17.6 Å². The first-order valence-electron chi connectivity index (χ1n) is 9.78. The summed E-state index contributed by atoms with van der Waals surface area (Å²) in [5.74, 6) is 1.64. The lowest BCUT2D eigenvalue weighted by Crippen LogP contribution is -2.52. The molecule has 2 N–H and O–H groups in total. The number of hydrogen-bond acceptors (Lipinski definition) is 5. The van der Waals surface area contributed by atoms with Gasteiger partial charge in [0.1, 0.15) is 5.75 Å². The smallest absolute Gasteiger partial charge is 0.191 e. The summed E-state index contributed by atoms with van der Waals surface area (Å²) in [7, 11) is 5.26. The summed E-state index contributed by atoms with van der Waals surface area (Å²) in [5.41, 5.74) is 0.842. The van der Waals surface area contributed by atoms with Crippen molar-refractivity contribution < 1.29 is 14.2 Å². The SMILES string of the molecule is CN=C(NCC1(OC)CCOCC1)NC1CCN(c2cc(Cl)ccc2OC)C1.I. The van der Waals surface area contributed by atoms with Gasteiger partial charge in [0.05, 0.1) is 18.4 Å². The van der Waals surface area contributed by atoms with E-state index in [1.165, 1.54) is 0 Å². The molecule has 2 heterocycles. The summed E-state index contributed by atoms with van der Waals surface area (Å²) >= 11 is 6.19. The number of ether oxygens (including phenoxy) is 3. The van der Waals surface area contributed by atoms with Gasteiger partial charge in [-0.25, -0.2) is 0 Å². The van der Waals surface area contributed by atoms with E-state index in [2.05, 4.69) is 20.5 Å². The maximum atomic E-state index is 6.19. The van der Waals surface area contributed by atoms with Crippen LogP contribution in [0.1, 0.15) is 19.3 Å². The van der Waals surface area contributed by atoms with Crippen molar-refractivity contribution in [3.05, 3.63) is 23.2 Å². The summed E-state index contributed by atoms with van der Waals surface area (Å²) in [6.45, 7) is 3.98. The van der Waals surface area contributed by atoms with Crippen LogP contribution in [0.2, 0.25) is 5.02 Å². The molecule has 2 aliphatic heterocycles. The molecular weight excluding hydrogens is 507 g/mol. The van der Waals surface area contributed by atoms with Crippen LogP contribution in [-0.4, -0.2) is 71.7 Å². The Morgan fingerprint density at radius 1 is 1.34 bits per heavy atom. The van der Waals surface area contributed by atoms with Crippen LogP contribution in [0.25, 0.3) is 0 Å². The Morgan fingerprint density at radius 3 is 2.76 bits per heavy atom. The maximum absolute atomic E-state index is 6.19. The predicted molar refractivity (Wildman–Crippen MR) is 128 cm³/mol. The number of rotatable bonds is 6. The molecular formula is C20H32ClIN4O3. The first-order chi connectivity index (χ1) is 13.6. The minimum atomic E-state index is -0.189. The number of nitrogens with zero attached hydrogens (tertiary/aromatic N) is 2. The molecule has 2 saturated heterocycles. The van der Waals surface area contributed by atoms with Gasteiger partial charge in [-0.15, -0.1) is 24.0 Å². The molecule has 2 fully saturated rings. The van der Waals surface area contributed by atoms with Gasteiger partial charge in [-0.3, -0.25) is 4.99 Å². The highest BCUT2D eigenvalue weighted by Gasteiger charge is 2.33. The third kappa shape index (κ3) is 6.26. The summed E-state index contributed by atoms with van der Waals surface area (Å²) in [5, 5.41) is 7.69. The zero-order valence-corrected chi connectivity index (χ0v) is 20.5. The fraction of sp³-hybridized carbons (Fsp3) is 0.650. The third-order valence-electron chi connectivity index (χ3n) is 5.65. The number of benzene rings is 1. The monoisotopic (exact) mass is 538 g/mol. The van der Waals surface area contributed by atoms with Gasteiger partial charge in [0, 0.05) is 70.9 Å². The highest BCUT2D eigenvalue weighted by molar-refractivity contribution is 14.0. The number of guanidine groups is 1. The fourth-order valence-corrected chi connectivity index (χ4v) is 4.00. The van der Waals surface area contributed by atoms with Crippen LogP contribution in [0.5, 0.6) is 5.75 Å². The minimum Gasteiger partial charge on any atom is -0.495 e. The summed E-state index contributed by atoms with van der Waals surface area (Å²) in [4.78, 5) is 6.69. The van der Waals surface area contributed by atoms with Gasteiger partial charge in [0.25, 0.3) is 0 Å². The van der Waals surface area contributed by atoms with Crippen molar-refractivity contribution in [3.8, 4) is 5.75 Å². The number of hydrogen-bond donors (Lipinski definition) is 2. The quantitative estimate of drug-likeness (QED) is 0.330. The molecule has 0 spiro atoms. The average molecular weight is 539 g/mol. The molecule has 0 saturated carbocycles. The van der Waals surface area contributed by atoms with Gasteiger partial charge in [-0.2, -0.15) is 0 Å². The number of anilines is 1. The van der Waals surface area contributed by atoms with E-state index in [0.717, 1.165) is 63.0 Å². The molecule has 1 unspecified atom stereocenters. The zero-order valence-electron chi connectivity index (χ0n) is 17.4. The second-order valence-corrected chi connectivity index (χ2v) is 7.75. The predicted octanol–water partition coefficient (Wildman–Crippen LogP) is 2.91. The van der Waals surface area contributed by atoms with E-state index in [9.17, 15) is 0 Å². The molecule has 0 radical (unpaired) electrons. The van der Waals surface area contributed by atoms with E-state index < -0.39 is 0 Å². The Morgan fingerprint density at radius 2 is 2.10 bits per heavy atom. The second-order valence-electron chi connectivity index (χ2n) is 7.32. The van der Waals surface area contributed by atoms with E-state index in [-0.39, 0.29) is 29.6 Å². The molecule has 7 nitrogen and oxygen atoms in total. The summed E-state index contributed by atoms with van der Waals surface area (Å²) < 4.78 is 16.8. The van der Waals surface area contributed by atoms with Crippen LogP contribution < -0.4 is 20.3 Å². The van der Waals surface area contributed by atoms with E-state index >= 15 is 0 Å². The van der Waals surface area contributed by atoms with E-state index in [4.69, 9.17) is 25.8 Å². The van der Waals surface area contributed by atoms with Gasteiger partial charge in [0.2, 0.25) is 0 Å². The van der Waals surface area contributed by atoms with Crippen LogP contribution in [0.15, 0.2) is 23.2 Å². The Bertz CT molecular complexity index is 686. The van der Waals surface area contributed by atoms with Crippen molar-refractivity contribution in [3.63, 3.8) is 0 Å². The topological polar surface area (TPSA) is 67.4 Å². The van der Waals surface area contributed by atoms with Gasteiger partial charge >= 0.3 is 0 Å². The lowest BCUT2D eigenvalue weighted by molar-refractivity contribution is -0.0855. The Hall–Kier alpha value is -0.970. The molecule has 164 valence electrons. The number of halogens is 2. The van der Waals surface area contributed by atoms with E-state index in [1.807, 2.05) is 18.2 Å². The van der Waals surface area contributed by atoms with Gasteiger partial charge in [-0.1, -0.05) is 11.6 Å². The largest absolute Gasteiger partial charge is 0.495 e. The van der Waals surface area contributed by atoms with E-state index in [1.54, 1.807) is 21.3 Å².